The van der Waals surface area contributed by atoms with Crippen LogP contribution >= 0.6 is 12.2 Å². The number of nitrogens with zero attached hydrogens (tertiary/aromatic N) is 1. The number of benzene rings is 2. The fourth-order valence-corrected chi connectivity index (χ4v) is 5.59. The van der Waals surface area contributed by atoms with Gasteiger partial charge in [-0.15, -0.1) is 0 Å². The van der Waals surface area contributed by atoms with Crippen molar-refractivity contribution in [3.63, 3.8) is 0 Å². The second-order valence-electron chi connectivity index (χ2n) is 7.34. The Labute approximate surface area is 183 Å². The molecule has 0 saturated carbocycles. The van der Waals surface area contributed by atoms with Crippen LogP contribution in [0.15, 0.2) is 59.0 Å². The smallest absolute Gasteiger partial charge is 0.281 e. The summed E-state index contributed by atoms with van der Waals surface area (Å²) in [5.74, 6) is -4.57. The Morgan fingerprint density at radius 1 is 1.23 bits per heavy atom. The number of halogens is 3. The maximum absolute atomic E-state index is 14.6. The van der Waals surface area contributed by atoms with Crippen LogP contribution in [0.25, 0.3) is 0 Å². The molecule has 2 aromatic carbocycles. The number of nitrogens with one attached hydrogen (secondary N) is 3. The second-order valence-corrected chi connectivity index (χ2v) is 9.86. The Bertz CT molecular complexity index is 1100. The van der Waals surface area contributed by atoms with Crippen LogP contribution in [0.5, 0.6) is 0 Å². The van der Waals surface area contributed by atoms with E-state index in [1.807, 2.05) is 0 Å². The average molecular weight is 471 g/mol. The normalized spacial score (nSPS) is 21.9. The van der Waals surface area contributed by atoms with Crippen molar-refractivity contribution in [2.24, 2.45) is 4.36 Å². The summed E-state index contributed by atoms with van der Waals surface area (Å²) in [6.45, 7) is -0.192. The Hall–Kier alpha value is -2.50. The van der Waals surface area contributed by atoms with Gasteiger partial charge in [0.05, 0.1) is 17.8 Å². The van der Waals surface area contributed by atoms with Crippen LogP contribution in [0.3, 0.4) is 0 Å². The van der Waals surface area contributed by atoms with Gasteiger partial charge in [0, 0.05) is 11.1 Å². The van der Waals surface area contributed by atoms with Crippen LogP contribution in [0, 0.1) is 5.82 Å². The highest BCUT2D eigenvalue weighted by Crippen LogP contribution is 2.28. The van der Waals surface area contributed by atoms with Crippen molar-refractivity contribution in [1.29, 1.82) is 0 Å². The topological polar surface area (TPSA) is 82.6 Å². The van der Waals surface area contributed by atoms with E-state index in [1.54, 1.807) is 36.4 Å². The molecule has 1 aliphatic rings. The summed E-state index contributed by atoms with van der Waals surface area (Å²) in [6, 6.07) is 14.1. The Balaban J connectivity index is 1.87. The SMILES string of the molecule is C[C@@](CS1(=O)=NCC(F)(F)CN1)(NC(=S)NC(=O)c1ccccc1)c1ccccc1F. The summed E-state index contributed by atoms with van der Waals surface area (Å²) in [5.41, 5.74) is -0.966. The lowest BCUT2D eigenvalue weighted by atomic mass is 9.93. The molecular weight excluding hydrogens is 449 g/mol. The third-order valence-electron chi connectivity index (χ3n) is 4.67. The van der Waals surface area contributed by atoms with Gasteiger partial charge in [0.15, 0.2) is 5.11 Å². The van der Waals surface area contributed by atoms with Gasteiger partial charge in [-0.2, -0.15) is 0 Å². The number of carbonyl (C=O) groups is 1. The van der Waals surface area contributed by atoms with Gasteiger partial charge in [-0.05, 0) is 37.3 Å². The maximum atomic E-state index is 14.6. The first-order valence-electron chi connectivity index (χ1n) is 9.29. The molecule has 2 atom stereocenters. The van der Waals surface area contributed by atoms with Crippen molar-refractivity contribution < 1.29 is 22.2 Å². The zero-order valence-corrected chi connectivity index (χ0v) is 18.2. The van der Waals surface area contributed by atoms with Crippen molar-refractivity contribution in [3.05, 3.63) is 71.5 Å². The van der Waals surface area contributed by atoms with Crippen LogP contribution in [-0.4, -0.2) is 40.0 Å². The third kappa shape index (κ3) is 5.81. The molecule has 2 aromatic rings. The van der Waals surface area contributed by atoms with Gasteiger partial charge < -0.3 is 5.32 Å². The lowest BCUT2D eigenvalue weighted by Gasteiger charge is -2.35. The zero-order valence-electron chi connectivity index (χ0n) is 16.5. The van der Waals surface area contributed by atoms with Gasteiger partial charge in [0.25, 0.3) is 11.8 Å². The minimum absolute atomic E-state index is 0.100. The van der Waals surface area contributed by atoms with Gasteiger partial charge in [0.2, 0.25) is 0 Å². The molecule has 166 valence electrons. The van der Waals surface area contributed by atoms with Crippen LogP contribution in [0.2, 0.25) is 0 Å². The van der Waals surface area contributed by atoms with E-state index < -0.39 is 46.2 Å². The first-order chi connectivity index (χ1) is 14.5. The summed E-state index contributed by atoms with van der Waals surface area (Å²) < 4.78 is 60.6. The second kappa shape index (κ2) is 8.93. The molecule has 31 heavy (non-hydrogen) atoms. The van der Waals surface area contributed by atoms with Gasteiger partial charge in [-0.1, -0.05) is 36.4 Å². The Morgan fingerprint density at radius 3 is 2.48 bits per heavy atom. The molecule has 1 amide bonds. The van der Waals surface area contributed by atoms with Gasteiger partial charge in [-0.25, -0.2) is 26.5 Å². The lowest BCUT2D eigenvalue weighted by molar-refractivity contribution is 0.0151. The van der Waals surface area contributed by atoms with E-state index in [-0.39, 0.29) is 16.4 Å². The Morgan fingerprint density at radius 2 is 1.87 bits per heavy atom. The molecule has 1 unspecified atom stereocenters. The number of alkyl halides is 2. The van der Waals surface area contributed by atoms with Gasteiger partial charge >= 0.3 is 0 Å². The van der Waals surface area contributed by atoms with E-state index in [0.717, 1.165) is 0 Å². The van der Waals surface area contributed by atoms with Crippen molar-refractivity contribution in [3.8, 4) is 0 Å². The minimum Gasteiger partial charge on any atom is -0.352 e. The molecule has 0 bridgehead atoms. The summed E-state index contributed by atoms with van der Waals surface area (Å²) in [7, 11) is -3.32. The summed E-state index contributed by atoms with van der Waals surface area (Å²) in [5, 5.41) is 5.20. The standard InChI is InChI=1S/C20H21F3N4O2S2/c1-19(15-9-5-6-10-16(15)21,13-31(29)24-11-20(22,23)12-25-31)27-18(30)26-17(28)14-7-3-2-4-8-14/h2-10H,11-13H2,1H3,(H,24,25,29)(H2,26,27,28,30)/t19-/m0/s1. The van der Waals surface area contributed by atoms with Crippen molar-refractivity contribution in [2.45, 2.75) is 18.4 Å². The van der Waals surface area contributed by atoms with Gasteiger partial charge in [0.1, 0.15) is 22.3 Å². The predicted octanol–water partition coefficient (Wildman–Crippen LogP) is 2.97. The molecule has 1 aliphatic heterocycles. The largest absolute Gasteiger partial charge is 0.352 e. The maximum Gasteiger partial charge on any atom is 0.281 e. The van der Waals surface area contributed by atoms with E-state index in [0.29, 0.717) is 5.56 Å². The van der Waals surface area contributed by atoms with Crippen LogP contribution < -0.4 is 15.4 Å². The first kappa shape index (κ1) is 23.2. The minimum atomic E-state index is -3.32. The van der Waals surface area contributed by atoms with Crippen LogP contribution in [0.1, 0.15) is 22.8 Å². The van der Waals surface area contributed by atoms with Gasteiger partial charge in [-0.3, -0.25) is 10.1 Å². The highest BCUT2D eigenvalue weighted by Gasteiger charge is 2.40. The summed E-state index contributed by atoms with van der Waals surface area (Å²) in [4.78, 5) is 12.4. The quantitative estimate of drug-likeness (QED) is 0.587. The van der Waals surface area contributed by atoms with E-state index >= 15 is 0 Å². The third-order valence-corrected chi connectivity index (χ3v) is 6.98. The number of thiocarbonyl (C=S) groups is 1. The van der Waals surface area contributed by atoms with Crippen molar-refractivity contribution in [1.82, 2.24) is 15.4 Å². The molecule has 0 spiro atoms. The van der Waals surface area contributed by atoms with E-state index in [2.05, 4.69) is 19.7 Å². The molecular formula is C20H21F3N4O2S2. The predicted molar refractivity (Wildman–Crippen MR) is 117 cm³/mol. The fraction of sp³-hybridized carbons (Fsp3) is 0.300. The molecule has 0 fully saturated rings. The summed E-state index contributed by atoms with van der Waals surface area (Å²) >= 11 is 5.23. The molecule has 3 rings (SSSR count). The molecule has 0 saturated heterocycles. The number of amides is 1. The highest BCUT2D eigenvalue weighted by atomic mass is 32.2. The van der Waals surface area contributed by atoms with E-state index in [9.17, 15) is 22.2 Å². The fourth-order valence-electron chi connectivity index (χ4n) is 3.14. The van der Waals surface area contributed by atoms with Crippen molar-refractivity contribution >= 4 is 33.2 Å². The number of hydrogen-bond donors (Lipinski definition) is 3. The van der Waals surface area contributed by atoms with Crippen LogP contribution in [-0.2, 0) is 15.5 Å². The van der Waals surface area contributed by atoms with Crippen molar-refractivity contribution in [2.75, 3.05) is 18.8 Å². The zero-order chi connectivity index (χ0) is 22.7. The molecule has 0 aromatic heterocycles. The molecule has 0 radical (unpaired) electrons. The average Bonchev–Trinajstić information content (AvgIpc) is 2.71. The monoisotopic (exact) mass is 470 g/mol. The number of carbonyl (C=O) groups excluding carboxylic acids is 1. The molecule has 3 N–H and O–H groups in total. The van der Waals surface area contributed by atoms with Crippen LogP contribution in [0.4, 0.5) is 13.2 Å². The molecule has 11 heteroatoms. The Kier molecular flexibility index (Phi) is 6.68. The molecule has 0 aliphatic carbocycles. The summed E-state index contributed by atoms with van der Waals surface area (Å²) in [6.07, 6.45) is 0. The lowest BCUT2D eigenvalue weighted by Crippen LogP contribution is -2.56. The molecule has 1 heterocycles. The number of hydrogen-bond acceptors (Lipinski definition) is 4. The molecule has 6 nitrogen and oxygen atoms in total. The van der Waals surface area contributed by atoms with E-state index in [1.165, 1.54) is 25.1 Å². The highest BCUT2D eigenvalue weighted by molar-refractivity contribution is 7.91. The number of rotatable bonds is 5. The van der Waals surface area contributed by atoms with E-state index in [4.69, 9.17) is 12.2 Å². The first-order valence-corrected chi connectivity index (χ1v) is 11.4.